The number of alkyl halides is 3. The van der Waals surface area contributed by atoms with Gasteiger partial charge in [0.1, 0.15) is 5.65 Å². The Hall–Kier alpha value is -2.19. The van der Waals surface area contributed by atoms with Crippen LogP contribution in [0, 0.1) is 6.92 Å². The molecule has 8 heteroatoms. The van der Waals surface area contributed by atoms with Crippen molar-refractivity contribution >= 4 is 21.9 Å². The van der Waals surface area contributed by atoms with Crippen LogP contribution in [0.3, 0.4) is 0 Å². The number of aryl methyl sites for hydroxylation is 1. The van der Waals surface area contributed by atoms with Gasteiger partial charge < -0.3 is 9.30 Å². The van der Waals surface area contributed by atoms with Gasteiger partial charge in [-0.1, -0.05) is 0 Å². The summed E-state index contributed by atoms with van der Waals surface area (Å²) in [5.41, 5.74) is 0.607. The van der Waals surface area contributed by atoms with Crippen molar-refractivity contribution in [2.45, 2.75) is 19.6 Å². The second-order valence-corrected chi connectivity index (χ2v) is 6.48. The fourth-order valence-corrected chi connectivity index (χ4v) is 3.50. The molecule has 0 amide bonds. The molecule has 0 aliphatic carbocycles. The fraction of sp³-hybridized carbons (Fsp3) is 0.444. The minimum absolute atomic E-state index is 0.112. The number of pyridine rings is 2. The van der Waals surface area contributed by atoms with E-state index in [9.17, 15) is 13.2 Å². The Morgan fingerprint density at radius 3 is 2.58 bits per heavy atom. The molecule has 4 heterocycles. The van der Waals surface area contributed by atoms with Crippen molar-refractivity contribution in [3.63, 3.8) is 0 Å². The largest absolute Gasteiger partial charge is 0.435 e. The molecule has 26 heavy (non-hydrogen) atoms. The SMILES string of the molecule is Cc1ccc2c3ccnc(C(F)(F)F)c3n(CCN3CCOCC3)c2n1. The van der Waals surface area contributed by atoms with Crippen molar-refractivity contribution in [3.8, 4) is 0 Å². The van der Waals surface area contributed by atoms with Gasteiger partial charge in [0.2, 0.25) is 0 Å². The number of morpholine rings is 1. The first-order valence-corrected chi connectivity index (χ1v) is 8.57. The Labute approximate surface area is 148 Å². The van der Waals surface area contributed by atoms with Crippen molar-refractivity contribution in [2.75, 3.05) is 32.8 Å². The number of nitrogens with zero attached hydrogens (tertiary/aromatic N) is 4. The molecule has 0 radical (unpaired) electrons. The highest BCUT2D eigenvalue weighted by molar-refractivity contribution is 6.07. The Bertz CT molecular complexity index is 945. The summed E-state index contributed by atoms with van der Waals surface area (Å²) in [6, 6.07) is 5.29. The average Bonchev–Trinajstić information content (AvgIpc) is 2.92. The summed E-state index contributed by atoms with van der Waals surface area (Å²) in [6.07, 6.45) is -3.30. The average molecular weight is 364 g/mol. The molecule has 1 saturated heterocycles. The number of halogens is 3. The van der Waals surface area contributed by atoms with E-state index in [0.29, 0.717) is 37.3 Å². The Morgan fingerprint density at radius 2 is 1.85 bits per heavy atom. The summed E-state index contributed by atoms with van der Waals surface area (Å²) in [5, 5.41) is 1.26. The number of hydrogen-bond donors (Lipinski definition) is 0. The van der Waals surface area contributed by atoms with E-state index in [-0.39, 0.29) is 5.52 Å². The summed E-state index contributed by atoms with van der Waals surface area (Å²) in [4.78, 5) is 10.4. The van der Waals surface area contributed by atoms with Crippen LogP contribution in [0.5, 0.6) is 0 Å². The highest BCUT2D eigenvalue weighted by Gasteiger charge is 2.36. The number of fused-ring (bicyclic) bond motifs is 3. The van der Waals surface area contributed by atoms with Crippen LogP contribution in [0.15, 0.2) is 24.4 Å². The lowest BCUT2D eigenvalue weighted by Gasteiger charge is -2.27. The highest BCUT2D eigenvalue weighted by atomic mass is 19.4. The van der Waals surface area contributed by atoms with Crippen LogP contribution in [-0.4, -0.2) is 52.3 Å². The molecule has 0 aromatic carbocycles. The molecule has 138 valence electrons. The normalized spacial score (nSPS) is 16.6. The van der Waals surface area contributed by atoms with Gasteiger partial charge in [-0.25, -0.2) is 9.97 Å². The molecule has 3 aromatic rings. The first kappa shape index (κ1) is 17.2. The summed E-state index contributed by atoms with van der Waals surface area (Å²) in [7, 11) is 0. The molecule has 0 atom stereocenters. The van der Waals surface area contributed by atoms with Crippen molar-refractivity contribution < 1.29 is 17.9 Å². The Kier molecular flexibility index (Phi) is 4.32. The third kappa shape index (κ3) is 3.03. The van der Waals surface area contributed by atoms with Gasteiger partial charge >= 0.3 is 6.18 Å². The van der Waals surface area contributed by atoms with Crippen molar-refractivity contribution in [1.82, 2.24) is 19.4 Å². The molecule has 4 rings (SSSR count). The summed E-state index contributed by atoms with van der Waals surface area (Å²) >= 11 is 0. The predicted molar refractivity (Wildman–Crippen MR) is 92.0 cm³/mol. The number of hydrogen-bond acceptors (Lipinski definition) is 4. The first-order valence-electron chi connectivity index (χ1n) is 8.57. The van der Waals surface area contributed by atoms with E-state index in [0.717, 1.165) is 24.2 Å². The predicted octanol–water partition coefficient (Wildman–Crippen LogP) is 3.24. The van der Waals surface area contributed by atoms with Gasteiger partial charge in [-0.3, -0.25) is 4.90 Å². The molecule has 0 unspecified atom stereocenters. The van der Waals surface area contributed by atoms with Crippen LogP contribution in [-0.2, 0) is 17.5 Å². The third-order valence-electron chi connectivity index (χ3n) is 4.77. The van der Waals surface area contributed by atoms with Gasteiger partial charge in [-0.05, 0) is 25.1 Å². The van der Waals surface area contributed by atoms with Gasteiger partial charge in [-0.15, -0.1) is 0 Å². The molecule has 3 aromatic heterocycles. The van der Waals surface area contributed by atoms with E-state index in [1.54, 1.807) is 10.6 Å². The lowest BCUT2D eigenvalue weighted by atomic mass is 10.2. The second kappa shape index (κ2) is 6.51. The quantitative estimate of drug-likeness (QED) is 0.716. The standard InChI is InChI=1S/C18H19F3N4O/c1-12-2-3-14-13-4-5-22-16(18(19,20)21)15(13)25(17(14)23-12)7-6-24-8-10-26-11-9-24/h2-5H,6-11H2,1H3. The van der Waals surface area contributed by atoms with Crippen LogP contribution in [0.2, 0.25) is 0 Å². The molecule has 1 aliphatic heterocycles. The van der Waals surface area contributed by atoms with Crippen LogP contribution >= 0.6 is 0 Å². The molecule has 0 bridgehead atoms. The maximum absolute atomic E-state index is 13.6. The van der Waals surface area contributed by atoms with E-state index in [1.807, 2.05) is 19.1 Å². The first-order chi connectivity index (χ1) is 12.4. The maximum Gasteiger partial charge on any atom is 0.435 e. The molecule has 0 N–H and O–H groups in total. The van der Waals surface area contributed by atoms with Crippen molar-refractivity contribution in [2.24, 2.45) is 0 Å². The minimum atomic E-state index is -4.51. The summed E-state index contributed by atoms with van der Waals surface area (Å²) in [6.45, 7) is 5.78. The van der Waals surface area contributed by atoms with E-state index in [2.05, 4.69) is 14.9 Å². The molecule has 1 fully saturated rings. The molecule has 0 saturated carbocycles. The van der Waals surface area contributed by atoms with E-state index in [1.165, 1.54) is 6.20 Å². The smallest absolute Gasteiger partial charge is 0.379 e. The summed E-state index contributed by atoms with van der Waals surface area (Å²) in [5.74, 6) is 0. The van der Waals surface area contributed by atoms with Gasteiger partial charge in [-0.2, -0.15) is 13.2 Å². The number of rotatable bonds is 3. The lowest BCUT2D eigenvalue weighted by molar-refractivity contribution is -0.140. The zero-order chi connectivity index (χ0) is 18.3. The molecule has 0 spiro atoms. The van der Waals surface area contributed by atoms with E-state index >= 15 is 0 Å². The van der Waals surface area contributed by atoms with Gasteiger partial charge in [0.05, 0.1) is 18.7 Å². The maximum atomic E-state index is 13.6. The topological polar surface area (TPSA) is 43.2 Å². The number of ether oxygens (including phenoxy) is 1. The Morgan fingerprint density at radius 1 is 1.08 bits per heavy atom. The van der Waals surface area contributed by atoms with E-state index in [4.69, 9.17) is 4.74 Å². The van der Waals surface area contributed by atoms with Gasteiger partial charge in [0.25, 0.3) is 0 Å². The lowest BCUT2D eigenvalue weighted by Crippen LogP contribution is -2.38. The highest BCUT2D eigenvalue weighted by Crippen LogP contribution is 2.37. The monoisotopic (exact) mass is 364 g/mol. The minimum Gasteiger partial charge on any atom is -0.379 e. The molecular formula is C18H19F3N4O. The second-order valence-electron chi connectivity index (χ2n) is 6.48. The van der Waals surface area contributed by atoms with Crippen LogP contribution < -0.4 is 0 Å². The zero-order valence-corrected chi connectivity index (χ0v) is 14.4. The van der Waals surface area contributed by atoms with E-state index < -0.39 is 11.9 Å². The van der Waals surface area contributed by atoms with Crippen LogP contribution in [0.1, 0.15) is 11.4 Å². The molecule has 5 nitrogen and oxygen atoms in total. The summed E-state index contributed by atoms with van der Waals surface area (Å²) < 4.78 is 47.7. The number of aromatic nitrogens is 3. The molecular weight excluding hydrogens is 345 g/mol. The van der Waals surface area contributed by atoms with Gasteiger partial charge in [0.15, 0.2) is 5.69 Å². The van der Waals surface area contributed by atoms with Crippen LogP contribution in [0.4, 0.5) is 13.2 Å². The molecule has 1 aliphatic rings. The fourth-order valence-electron chi connectivity index (χ4n) is 3.50. The van der Waals surface area contributed by atoms with Gasteiger partial charge in [0, 0.05) is 48.8 Å². The Balaban J connectivity index is 1.87. The third-order valence-corrected chi connectivity index (χ3v) is 4.77. The van der Waals surface area contributed by atoms with Crippen molar-refractivity contribution in [1.29, 1.82) is 0 Å². The van der Waals surface area contributed by atoms with Crippen molar-refractivity contribution in [3.05, 3.63) is 35.8 Å². The van der Waals surface area contributed by atoms with Crippen LogP contribution in [0.25, 0.3) is 21.9 Å². The zero-order valence-electron chi connectivity index (χ0n) is 14.4.